The number of amides is 1. The molecule has 1 saturated heterocycles. The first-order valence-corrected chi connectivity index (χ1v) is 14.9. The summed E-state index contributed by atoms with van der Waals surface area (Å²) in [6.07, 6.45) is 6.45. The van der Waals surface area contributed by atoms with E-state index < -0.39 is 11.0 Å². The van der Waals surface area contributed by atoms with Crippen LogP contribution >= 0.6 is 11.3 Å². The van der Waals surface area contributed by atoms with Crippen molar-refractivity contribution in [2.75, 3.05) is 44.4 Å². The van der Waals surface area contributed by atoms with Gasteiger partial charge in [0.1, 0.15) is 16.3 Å². The van der Waals surface area contributed by atoms with Gasteiger partial charge in [-0.15, -0.1) is 11.3 Å². The maximum atomic E-state index is 13.3. The first-order chi connectivity index (χ1) is 19.3. The van der Waals surface area contributed by atoms with E-state index in [9.17, 15) is 9.59 Å². The van der Waals surface area contributed by atoms with Gasteiger partial charge in [0.2, 0.25) is 5.95 Å². The van der Waals surface area contributed by atoms with Crippen molar-refractivity contribution in [2.45, 2.75) is 77.4 Å². The highest BCUT2D eigenvalue weighted by Crippen LogP contribution is 2.49. The second-order valence-electron chi connectivity index (χ2n) is 12.2. The normalized spacial score (nSPS) is 21.1. The number of anilines is 2. The Bertz CT molecular complexity index is 1380. The van der Waals surface area contributed by atoms with Gasteiger partial charge in [0.05, 0.1) is 17.4 Å². The summed E-state index contributed by atoms with van der Waals surface area (Å²) in [6, 6.07) is 1.53. The van der Waals surface area contributed by atoms with Gasteiger partial charge < -0.3 is 25.2 Å². The summed E-state index contributed by atoms with van der Waals surface area (Å²) in [6.45, 7) is 11.4. The lowest BCUT2D eigenvalue weighted by atomic mass is 9.74. The topological polar surface area (TPSA) is 117 Å². The van der Waals surface area contributed by atoms with Crippen molar-refractivity contribution in [3.63, 3.8) is 0 Å². The molecule has 1 aliphatic carbocycles. The molecular weight excluding hydrogens is 538 g/mol. The van der Waals surface area contributed by atoms with Crippen molar-refractivity contribution < 1.29 is 14.3 Å². The molecule has 1 amide bonds. The highest BCUT2D eigenvalue weighted by Gasteiger charge is 2.36. The molecule has 0 aromatic carbocycles. The molecule has 220 valence electrons. The Morgan fingerprint density at radius 3 is 2.76 bits per heavy atom. The van der Waals surface area contributed by atoms with Gasteiger partial charge in [-0.25, -0.2) is 19.8 Å². The van der Waals surface area contributed by atoms with Gasteiger partial charge in [0, 0.05) is 56.4 Å². The average Bonchev–Trinajstić information content (AvgIpc) is 3.09. The molecule has 41 heavy (non-hydrogen) atoms. The minimum Gasteiger partial charge on any atom is -0.444 e. The second-order valence-corrected chi connectivity index (χ2v) is 13.2. The number of hydrogen-bond donors (Lipinski definition) is 1. The summed E-state index contributed by atoms with van der Waals surface area (Å²) in [4.78, 5) is 46.3. The van der Waals surface area contributed by atoms with Crippen molar-refractivity contribution in [3.05, 3.63) is 28.4 Å². The van der Waals surface area contributed by atoms with E-state index in [1.54, 1.807) is 34.8 Å². The molecular formula is C30H41N7O3S. The Morgan fingerprint density at radius 1 is 1.29 bits per heavy atom. The molecule has 1 fully saturated rings. The van der Waals surface area contributed by atoms with Crippen LogP contribution in [0.15, 0.2) is 17.3 Å². The highest BCUT2D eigenvalue weighted by atomic mass is 32.1. The zero-order valence-electron chi connectivity index (χ0n) is 25.2. The molecule has 2 N–H and O–H groups in total. The second kappa shape index (κ2) is 12.1. The van der Waals surface area contributed by atoms with E-state index in [0.29, 0.717) is 31.3 Å². The van der Waals surface area contributed by atoms with Gasteiger partial charge in [-0.3, -0.25) is 4.79 Å². The quantitative estimate of drug-likeness (QED) is 0.183. The number of fused-ring (bicyclic) bond motifs is 1. The smallest absolute Gasteiger partial charge is 0.410 e. The molecule has 2 aliphatic rings. The van der Waals surface area contributed by atoms with E-state index in [1.165, 1.54) is 4.88 Å². The molecule has 3 heterocycles. The predicted octanol–water partition coefficient (Wildman–Crippen LogP) is 4.66. The molecule has 2 aromatic heterocycles. The van der Waals surface area contributed by atoms with Crippen molar-refractivity contribution in [3.8, 4) is 11.8 Å². The van der Waals surface area contributed by atoms with Gasteiger partial charge in [-0.1, -0.05) is 5.92 Å². The van der Waals surface area contributed by atoms with Crippen LogP contribution < -0.4 is 10.6 Å². The Hall–Kier alpha value is -3.65. The van der Waals surface area contributed by atoms with Crippen molar-refractivity contribution in [1.82, 2.24) is 19.8 Å². The maximum Gasteiger partial charge on any atom is 0.410 e. The van der Waals surface area contributed by atoms with Crippen LogP contribution in [0, 0.1) is 11.8 Å². The van der Waals surface area contributed by atoms with Gasteiger partial charge in [0.15, 0.2) is 0 Å². The minimum atomic E-state index is -0.557. The monoisotopic (exact) mass is 579 g/mol. The molecule has 0 unspecified atom stereocenters. The van der Waals surface area contributed by atoms with Crippen LogP contribution in [0.2, 0.25) is 0 Å². The Kier molecular flexibility index (Phi) is 8.92. The number of nitrogens with two attached hydrogens (primary N) is 1. The number of aliphatic imine (C=N–C) groups is 1. The van der Waals surface area contributed by atoms with E-state index >= 15 is 0 Å². The number of Topliss-reactive ketones (excluding diaryl/α,β-unsaturated/α-hetero) is 1. The van der Waals surface area contributed by atoms with Gasteiger partial charge in [-0.2, -0.15) is 0 Å². The maximum absolute atomic E-state index is 13.3. The van der Waals surface area contributed by atoms with E-state index in [4.69, 9.17) is 10.5 Å². The number of carbonyl (C=O) groups is 2. The third-order valence-corrected chi connectivity index (χ3v) is 8.29. The highest BCUT2D eigenvalue weighted by molar-refractivity contribution is 7.16. The molecule has 2 atom stereocenters. The van der Waals surface area contributed by atoms with Crippen molar-refractivity contribution in [2.24, 2.45) is 4.99 Å². The lowest BCUT2D eigenvalue weighted by Crippen LogP contribution is -2.43. The van der Waals surface area contributed by atoms with E-state index in [0.717, 1.165) is 36.2 Å². The molecule has 0 bridgehead atoms. The molecule has 0 spiro atoms. The SMILES string of the molecule is C[C@H]1CN(C(=O)OC(C)(C)C)CCCN1c1nccc(C(=O)C#C[C@@]2(C)CCCc3sc(/N=C/N(C)C)c(N)c32)n1. The number of thiophene rings is 1. The zero-order chi connectivity index (χ0) is 29.9. The molecule has 0 radical (unpaired) electrons. The lowest BCUT2D eigenvalue weighted by Gasteiger charge is -2.30. The zero-order valence-corrected chi connectivity index (χ0v) is 26.0. The predicted molar refractivity (Wildman–Crippen MR) is 164 cm³/mol. The molecule has 2 aromatic rings. The number of rotatable bonds is 4. The largest absolute Gasteiger partial charge is 0.444 e. The number of nitrogen functional groups attached to an aromatic ring is 1. The third kappa shape index (κ3) is 7.17. The van der Waals surface area contributed by atoms with Gasteiger partial charge in [0.25, 0.3) is 5.78 Å². The van der Waals surface area contributed by atoms with E-state index in [1.807, 2.05) is 51.6 Å². The number of nitrogens with zero attached hydrogens (tertiary/aromatic N) is 6. The number of ether oxygens (including phenoxy) is 1. The van der Waals surface area contributed by atoms with Gasteiger partial charge in [-0.05, 0) is 72.3 Å². The molecule has 4 rings (SSSR count). The van der Waals surface area contributed by atoms with Crippen LogP contribution in [0.1, 0.15) is 74.8 Å². The van der Waals surface area contributed by atoms with Crippen LogP contribution in [0.5, 0.6) is 0 Å². The summed E-state index contributed by atoms with van der Waals surface area (Å²) < 4.78 is 5.57. The van der Waals surface area contributed by atoms with Crippen LogP contribution in [0.4, 0.5) is 21.4 Å². The van der Waals surface area contributed by atoms with Crippen LogP contribution in [-0.2, 0) is 16.6 Å². The third-order valence-electron chi connectivity index (χ3n) is 7.12. The molecule has 11 heteroatoms. The number of ketones is 1. The summed E-state index contributed by atoms with van der Waals surface area (Å²) in [5, 5.41) is 0.780. The van der Waals surface area contributed by atoms with Crippen molar-refractivity contribution in [1.29, 1.82) is 0 Å². The molecule has 10 nitrogen and oxygen atoms in total. The minimum absolute atomic E-state index is 0.0630. The van der Waals surface area contributed by atoms with Crippen LogP contribution in [0.25, 0.3) is 0 Å². The van der Waals surface area contributed by atoms with Crippen molar-refractivity contribution >= 4 is 46.2 Å². The number of hydrogen-bond acceptors (Lipinski definition) is 9. The Balaban J connectivity index is 1.53. The summed E-state index contributed by atoms with van der Waals surface area (Å²) in [7, 11) is 3.83. The van der Waals surface area contributed by atoms with Gasteiger partial charge >= 0.3 is 6.09 Å². The average molecular weight is 580 g/mol. The fourth-order valence-electron chi connectivity index (χ4n) is 5.20. The summed E-state index contributed by atoms with van der Waals surface area (Å²) in [5.41, 5.74) is 7.34. The van der Waals surface area contributed by atoms with Crippen LogP contribution in [0.3, 0.4) is 0 Å². The first-order valence-electron chi connectivity index (χ1n) is 14.0. The number of aryl methyl sites for hydroxylation is 1. The Morgan fingerprint density at radius 2 is 2.05 bits per heavy atom. The van der Waals surface area contributed by atoms with E-state index in [2.05, 4.69) is 33.7 Å². The standard InChI is InChI=1S/C30H41N7O3S/c1-20-18-36(28(39)40-29(2,3)4)16-9-17-37(20)27-32-15-12-21(34-27)22(38)11-14-30(5)13-8-10-23-24(30)25(31)26(41-23)33-19-35(6)7/h12,15,19-20H,8-10,13,16-18,31H2,1-7H3/b33-19+/t20-,30+/m0/s1. The summed E-state index contributed by atoms with van der Waals surface area (Å²) >= 11 is 1.60. The van der Waals surface area contributed by atoms with Crippen LogP contribution in [-0.4, -0.2) is 83.4 Å². The fourth-order valence-corrected chi connectivity index (χ4v) is 6.43. The molecule has 0 saturated carbocycles. The Labute approximate surface area is 247 Å². The lowest BCUT2D eigenvalue weighted by molar-refractivity contribution is 0.0251. The number of carbonyl (C=O) groups excluding carboxylic acids is 2. The van der Waals surface area contributed by atoms with E-state index in [-0.39, 0.29) is 23.6 Å². The number of aromatic nitrogens is 2. The first kappa shape index (κ1) is 30.3. The fraction of sp³-hybridized carbons (Fsp3) is 0.567. The molecule has 1 aliphatic heterocycles. The summed E-state index contributed by atoms with van der Waals surface area (Å²) in [5.74, 6) is 6.22.